The van der Waals surface area contributed by atoms with Crippen LogP contribution >= 0.6 is 0 Å². The number of H-pyrrole nitrogens is 1. The van der Waals surface area contributed by atoms with E-state index in [2.05, 4.69) is 27.9 Å². The first-order chi connectivity index (χ1) is 11.8. The fourth-order valence-electron chi connectivity index (χ4n) is 4.57. The molecular weight excluding hydrogens is 298 g/mol. The Balaban J connectivity index is 1.84. The van der Waals surface area contributed by atoms with Gasteiger partial charge < -0.3 is 4.90 Å². The zero-order valence-electron chi connectivity index (χ0n) is 14.8. The van der Waals surface area contributed by atoms with Crippen LogP contribution in [0.3, 0.4) is 0 Å². The largest absolute Gasteiger partial charge is 0.333 e. The lowest BCUT2D eigenvalue weighted by atomic mass is 9.95. The van der Waals surface area contributed by atoms with Gasteiger partial charge in [-0.3, -0.25) is 9.80 Å². The number of nitriles is 1. The maximum atomic E-state index is 9.91. The molecule has 1 atom stereocenters. The second-order valence-electron chi connectivity index (χ2n) is 7.64. The zero-order chi connectivity index (χ0) is 16.5. The van der Waals surface area contributed by atoms with Gasteiger partial charge in [-0.1, -0.05) is 0 Å². The highest BCUT2D eigenvalue weighted by Crippen LogP contribution is 2.31. The molecule has 5 nitrogen and oxygen atoms in total. The van der Waals surface area contributed by atoms with Gasteiger partial charge in [-0.2, -0.15) is 5.26 Å². The molecule has 0 amide bonds. The van der Waals surface area contributed by atoms with Gasteiger partial charge in [-0.25, -0.2) is 4.98 Å². The van der Waals surface area contributed by atoms with E-state index >= 15 is 0 Å². The molecule has 3 aliphatic heterocycles. The second kappa shape index (κ2) is 6.60. The number of pyridine rings is 1. The van der Waals surface area contributed by atoms with Crippen LogP contribution < -0.4 is 19.7 Å². The Hall–Kier alpha value is -1.80. The van der Waals surface area contributed by atoms with Crippen molar-refractivity contribution in [2.45, 2.75) is 45.1 Å². The predicted molar refractivity (Wildman–Crippen MR) is 94.4 cm³/mol. The lowest BCUT2D eigenvalue weighted by molar-refractivity contribution is -0.895. The standard InChI is InChI=1S/C19H27N5/c1-22-12-7-15-16(13-20)18(23-8-3-2-4-9-23)21-19(17(15)14-22)24-10-5-6-11-24/h2-12,14H2,1H3/p+2. The van der Waals surface area contributed by atoms with E-state index in [1.807, 2.05) is 0 Å². The Bertz CT molecular complexity index is 651. The number of quaternary nitrogens is 1. The number of piperidine rings is 1. The van der Waals surface area contributed by atoms with Gasteiger partial charge in [0.15, 0.2) is 0 Å². The molecule has 128 valence electrons. The smallest absolute Gasteiger partial charge is 0.240 e. The van der Waals surface area contributed by atoms with Crippen molar-refractivity contribution in [3.8, 4) is 6.07 Å². The van der Waals surface area contributed by atoms with Crippen LogP contribution in [-0.4, -0.2) is 39.8 Å². The maximum absolute atomic E-state index is 9.91. The van der Waals surface area contributed by atoms with Crippen LogP contribution in [-0.2, 0) is 13.0 Å². The summed E-state index contributed by atoms with van der Waals surface area (Å²) in [6, 6.07) is 2.55. The third-order valence-electron chi connectivity index (χ3n) is 5.91. The summed E-state index contributed by atoms with van der Waals surface area (Å²) in [7, 11) is 2.27. The molecule has 0 saturated carbocycles. The minimum Gasteiger partial charge on any atom is -0.333 e. The average molecular weight is 327 g/mol. The number of aromatic amines is 1. The molecule has 5 heteroatoms. The van der Waals surface area contributed by atoms with Crippen molar-refractivity contribution in [1.82, 2.24) is 0 Å². The fourth-order valence-corrected chi connectivity index (χ4v) is 4.57. The van der Waals surface area contributed by atoms with Gasteiger partial charge in [-0.05, 0) is 37.7 Å². The highest BCUT2D eigenvalue weighted by atomic mass is 15.3. The van der Waals surface area contributed by atoms with Gasteiger partial charge in [0.2, 0.25) is 11.6 Å². The van der Waals surface area contributed by atoms with Crippen LogP contribution in [0.1, 0.15) is 48.8 Å². The summed E-state index contributed by atoms with van der Waals surface area (Å²) in [6.45, 7) is 6.61. The van der Waals surface area contributed by atoms with E-state index in [1.165, 1.54) is 49.0 Å². The van der Waals surface area contributed by atoms with Gasteiger partial charge >= 0.3 is 0 Å². The zero-order valence-corrected chi connectivity index (χ0v) is 14.8. The van der Waals surface area contributed by atoms with Crippen molar-refractivity contribution >= 4 is 11.6 Å². The van der Waals surface area contributed by atoms with Gasteiger partial charge in [0.05, 0.1) is 45.3 Å². The highest BCUT2D eigenvalue weighted by molar-refractivity contribution is 5.62. The van der Waals surface area contributed by atoms with E-state index in [-0.39, 0.29) is 0 Å². The van der Waals surface area contributed by atoms with E-state index in [9.17, 15) is 5.26 Å². The van der Waals surface area contributed by atoms with Gasteiger partial charge in [0.1, 0.15) is 18.2 Å². The first-order valence-corrected chi connectivity index (χ1v) is 9.60. The number of fused-ring (bicyclic) bond motifs is 1. The monoisotopic (exact) mass is 327 g/mol. The van der Waals surface area contributed by atoms with Crippen LogP contribution in [0.25, 0.3) is 0 Å². The molecule has 0 bridgehead atoms. The number of rotatable bonds is 2. The molecule has 4 heterocycles. The van der Waals surface area contributed by atoms with Crippen LogP contribution in [0, 0.1) is 11.3 Å². The Morgan fingerprint density at radius 3 is 2.21 bits per heavy atom. The van der Waals surface area contributed by atoms with E-state index in [0.717, 1.165) is 57.1 Å². The summed E-state index contributed by atoms with van der Waals surface area (Å²) in [5, 5.41) is 9.91. The van der Waals surface area contributed by atoms with E-state index in [0.29, 0.717) is 0 Å². The van der Waals surface area contributed by atoms with Crippen molar-refractivity contribution < 1.29 is 9.88 Å². The van der Waals surface area contributed by atoms with E-state index in [1.54, 1.807) is 4.90 Å². The van der Waals surface area contributed by atoms with Gasteiger partial charge in [0.25, 0.3) is 0 Å². The molecule has 0 aliphatic carbocycles. The summed E-state index contributed by atoms with van der Waals surface area (Å²) in [5.41, 5.74) is 3.64. The fraction of sp³-hybridized carbons (Fsp3) is 0.684. The molecule has 2 fully saturated rings. The molecule has 0 aromatic carbocycles. The number of anilines is 2. The minimum absolute atomic E-state index is 0.919. The minimum atomic E-state index is 0.919. The molecule has 3 aliphatic rings. The Morgan fingerprint density at radius 2 is 1.54 bits per heavy atom. The van der Waals surface area contributed by atoms with Crippen LogP contribution in [0.15, 0.2) is 0 Å². The first kappa shape index (κ1) is 15.7. The molecular formula is C19H29N5+2. The quantitative estimate of drug-likeness (QED) is 0.862. The number of hydrogen-bond donors (Lipinski definition) is 1. The molecule has 1 aromatic rings. The van der Waals surface area contributed by atoms with Crippen LogP contribution in [0.4, 0.5) is 11.6 Å². The normalized spacial score (nSPS) is 23.9. The molecule has 2 saturated heterocycles. The molecule has 2 N–H and O–H groups in total. The van der Waals surface area contributed by atoms with E-state index in [4.69, 9.17) is 0 Å². The summed E-state index contributed by atoms with van der Waals surface area (Å²) in [5.74, 6) is 2.40. The van der Waals surface area contributed by atoms with Crippen molar-refractivity contribution in [1.29, 1.82) is 5.26 Å². The van der Waals surface area contributed by atoms with Crippen LogP contribution in [0.2, 0.25) is 0 Å². The SMILES string of the molecule is C[NH+]1CCc2c(C#N)c(N3CCCCC3)[nH+]c(N3CCCC3)c2C1. The lowest BCUT2D eigenvalue weighted by Gasteiger charge is -2.30. The van der Waals surface area contributed by atoms with Crippen molar-refractivity contribution in [3.05, 3.63) is 16.7 Å². The predicted octanol–water partition coefficient (Wildman–Crippen LogP) is 0.534. The van der Waals surface area contributed by atoms with Crippen LogP contribution in [0.5, 0.6) is 0 Å². The van der Waals surface area contributed by atoms with Gasteiger partial charge in [-0.15, -0.1) is 0 Å². The summed E-state index contributed by atoms with van der Waals surface area (Å²) in [4.78, 5) is 10.2. The molecule has 0 radical (unpaired) electrons. The number of hydrogen-bond acceptors (Lipinski definition) is 3. The first-order valence-electron chi connectivity index (χ1n) is 9.60. The third kappa shape index (κ3) is 2.73. The molecule has 0 spiro atoms. The highest BCUT2D eigenvalue weighted by Gasteiger charge is 2.34. The summed E-state index contributed by atoms with van der Waals surface area (Å²) in [6.07, 6.45) is 7.38. The Labute approximate surface area is 144 Å². The Morgan fingerprint density at radius 1 is 0.917 bits per heavy atom. The Kier molecular flexibility index (Phi) is 4.32. The summed E-state index contributed by atoms with van der Waals surface area (Å²) < 4.78 is 0. The average Bonchev–Trinajstić information content (AvgIpc) is 3.15. The second-order valence-corrected chi connectivity index (χ2v) is 7.64. The molecule has 1 aromatic heterocycles. The van der Waals surface area contributed by atoms with E-state index < -0.39 is 0 Å². The lowest BCUT2D eigenvalue weighted by Crippen LogP contribution is -3.08. The maximum Gasteiger partial charge on any atom is 0.240 e. The van der Waals surface area contributed by atoms with Crippen molar-refractivity contribution in [2.75, 3.05) is 49.6 Å². The summed E-state index contributed by atoms with van der Waals surface area (Å²) >= 11 is 0. The topological polar surface area (TPSA) is 48.9 Å². The third-order valence-corrected chi connectivity index (χ3v) is 5.91. The number of nitrogens with one attached hydrogen (secondary N) is 2. The molecule has 24 heavy (non-hydrogen) atoms. The van der Waals surface area contributed by atoms with Gasteiger partial charge in [0, 0.05) is 6.42 Å². The number of aromatic nitrogens is 1. The molecule has 4 rings (SSSR count). The number of likely N-dealkylation sites (N-methyl/N-ethyl adjacent to an activating group) is 1. The van der Waals surface area contributed by atoms with Crippen molar-refractivity contribution in [2.24, 2.45) is 0 Å². The van der Waals surface area contributed by atoms with Crippen molar-refractivity contribution in [3.63, 3.8) is 0 Å². The number of nitrogens with zero attached hydrogens (tertiary/aromatic N) is 3. The molecule has 1 unspecified atom stereocenters.